The largest absolute Gasteiger partial charge is 0.508 e. The van der Waals surface area contributed by atoms with Crippen LogP contribution in [0.5, 0.6) is 11.5 Å². The van der Waals surface area contributed by atoms with Gasteiger partial charge in [-0.05, 0) is 18.2 Å². The van der Waals surface area contributed by atoms with E-state index in [1.54, 1.807) is 6.07 Å². The first kappa shape index (κ1) is 12.3. The van der Waals surface area contributed by atoms with Gasteiger partial charge in [-0.1, -0.05) is 0 Å². The second-order valence-electron chi connectivity index (χ2n) is 3.22. The molecule has 5 heteroatoms. The van der Waals surface area contributed by atoms with Crippen molar-refractivity contribution in [3.8, 4) is 11.5 Å². The SMILES string of the molecule is COC(=O)C[C@@H](O)c1cc(OC)ccc1O. The fourth-order valence-electron chi connectivity index (χ4n) is 1.28. The normalized spacial score (nSPS) is 11.9. The van der Waals surface area contributed by atoms with Crippen LogP contribution in [0, 0.1) is 0 Å². The number of hydrogen-bond donors (Lipinski definition) is 2. The Morgan fingerprint density at radius 1 is 1.44 bits per heavy atom. The van der Waals surface area contributed by atoms with Gasteiger partial charge in [0.2, 0.25) is 0 Å². The van der Waals surface area contributed by atoms with Crippen LogP contribution in [0.2, 0.25) is 0 Å². The number of aromatic hydroxyl groups is 1. The molecule has 1 aromatic carbocycles. The van der Waals surface area contributed by atoms with Gasteiger partial charge in [-0.3, -0.25) is 4.79 Å². The molecular weight excluding hydrogens is 212 g/mol. The van der Waals surface area contributed by atoms with E-state index in [1.807, 2.05) is 0 Å². The number of benzene rings is 1. The van der Waals surface area contributed by atoms with Crippen molar-refractivity contribution in [2.75, 3.05) is 14.2 Å². The van der Waals surface area contributed by atoms with Crippen molar-refractivity contribution in [2.45, 2.75) is 12.5 Å². The van der Waals surface area contributed by atoms with Crippen LogP contribution < -0.4 is 4.74 Å². The minimum Gasteiger partial charge on any atom is -0.508 e. The molecule has 2 N–H and O–H groups in total. The summed E-state index contributed by atoms with van der Waals surface area (Å²) in [6, 6.07) is 4.43. The van der Waals surface area contributed by atoms with Gasteiger partial charge >= 0.3 is 5.97 Å². The molecule has 0 spiro atoms. The molecule has 0 aliphatic heterocycles. The fourth-order valence-corrected chi connectivity index (χ4v) is 1.28. The lowest BCUT2D eigenvalue weighted by Crippen LogP contribution is -2.08. The highest BCUT2D eigenvalue weighted by Gasteiger charge is 2.17. The molecule has 1 rings (SSSR count). The van der Waals surface area contributed by atoms with Gasteiger partial charge in [0.1, 0.15) is 11.5 Å². The summed E-state index contributed by atoms with van der Waals surface area (Å²) in [5.41, 5.74) is 0.241. The molecule has 0 radical (unpaired) electrons. The lowest BCUT2D eigenvalue weighted by atomic mass is 10.1. The molecule has 0 saturated carbocycles. The lowest BCUT2D eigenvalue weighted by Gasteiger charge is -2.12. The molecule has 0 heterocycles. The van der Waals surface area contributed by atoms with Crippen molar-refractivity contribution < 1.29 is 24.5 Å². The van der Waals surface area contributed by atoms with Crippen molar-refractivity contribution in [2.24, 2.45) is 0 Å². The first-order valence-corrected chi connectivity index (χ1v) is 4.70. The van der Waals surface area contributed by atoms with Gasteiger partial charge < -0.3 is 19.7 Å². The number of aliphatic hydroxyl groups excluding tert-OH is 1. The molecule has 0 aliphatic rings. The zero-order chi connectivity index (χ0) is 12.1. The van der Waals surface area contributed by atoms with Crippen LogP contribution in [0.4, 0.5) is 0 Å². The van der Waals surface area contributed by atoms with Crippen LogP contribution in [0.25, 0.3) is 0 Å². The average Bonchev–Trinajstić information content (AvgIpc) is 2.29. The minimum atomic E-state index is -1.11. The summed E-state index contributed by atoms with van der Waals surface area (Å²) in [6.45, 7) is 0. The van der Waals surface area contributed by atoms with E-state index in [1.165, 1.54) is 26.4 Å². The first-order valence-electron chi connectivity index (χ1n) is 4.70. The molecule has 0 unspecified atom stereocenters. The lowest BCUT2D eigenvalue weighted by molar-refractivity contribution is -0.142. The number of methoxy groups -OCH3 is 2. The Kier molecular flexibility index (Phi) is 4.13. The van der Waals surface area contributed by atoms with Gasteiger partial charge in [0, 0.05) is 5.56 Å². The molecule has 0 saturated heterocycles. The maximum absolute atomic E-state index is 11.0. The molecule has 88 valence electrons. The van der Waals surface area contributed by atoms with E-state index in [0.717, 1.165) is 0 Å². The number of carbonyl (C=O) groups excluding carboxylic acids is 1. The Hall–Kier alpha value is -1.75. The number of aliphatic hydroxyl groups is 1. The Bertz CT molecular complexity index is 375. The molecule has 0 fully saturated rings. The van der Waals surface area contributed by atoms with Crippen molar-refractivity contribution >= 4 is 5.97 Å². The highest BCUT2D eigenvalue weighted by Crippen LogP contribution is 2.30. The average molecular weight is 226 g/mol. The summed E-state index contributed by atoms with van der Waals surface area (Å²) in [5, 5.41) is 19.2. The van der Waals surface area contributed by atoms with E-state index < -0.39 is 12.1 Å². The summed E-state index contributed by atoms with van der Waals surface area (Å²) >= 11 is 0. The molecule has 1 aromatic rings. The van der Waals surface area contributed by atoms with Crippen molar-refractivity contribution in [3.05, 3.63) is 23.8 Å². The highest BCUT2D eigenvalue weighted by molar-refractivity contribution is 5.70. The number of hydrogen-bond acceptors (Lipinski definition) is 5. The Labute approximate surface area is 93.2 Å². The second kappa shape index (κ2) is 5.37. The van der Waals surface area contributed by atoms with E-state index >= 15 is 0 Å². The number of rotatable bonds is 4. The van der Waals surface area contributed by atoms with Crippen LogP contribution in [-0.4, -0.2) is 30.4 Å². The van der Waals surface area contributed by atoms with Crippen LogP contribution in [0.1, 0.15) is 18.1 Å². The third-order valence-electron chi connectivity index (χ3n) is 2.18. The van der Waals surface area contributed by atoms with Gasteiger partial charge in [-0.2, -0.15) is 0 Å². The number of esters is 1. The van der Waals surface area contributed by atoms with Gasteiger partial charge in [0.05, 0.1) is 26.7 Å². The summed E-state index contributed by atoms with van der Waals surface area (Å²) in [4.78, 5) is 11.0. The zero-order valence-electron chi connectivity index (χ0n) is 9.14. The Morgan fingerprint density at radius 3 is 2.69 bits per heavy atom. The zero-order valence-corrected chi connectivity index (χ0v) is 9.14. The Morgan fingerprint density at radius 2 is 2.12 bits per heavy atom. The van der Waals surface area contributed by atoms with Crippen molar-refractivity contribution in [3.63, 3.8) is 0 Å². The molecule has 0 aliphatic carbocycles. The van der Waals surface area contributed by atoms with E-state index in [9.17, 15) is 15.0 Å². The standard InChI is InChI=1S/C11H14O5/c1-15-7-3-4-9(12)8(5-7)10(13)6-11(14)16-2/h3-5,10,12-13H,6H2,1-2H3/t10-/m1/s1. The molecule has 5 nitrogen and oxygen atoms in total. The summed E-state index contributed by atoms with van der Waals surface area (Å²) in [5.74, 6) is -0.136. The number of phenols is 1. The Balaban J connectivity index is 2.88. The van der Waals surface area contributed by atoms with Crippen molar-refractivity contribution in [1.82, 2.24) is 0 Å². The molecular formula is C11H14O5. The monoisotopic (exact) mass is 226 g/mol. The predicted octanol–water partition coefficient (Wildman–Crippen LogP) is 0.997. The maximum Gasteiger partial charge on any atom is 0.308 e. The van der Waals surface area contributed by atoms with Crippen LogP contribution in [0.3, 0.4) is 0 Å². The quantitative estimate of drug-likeness (QED) is 0.749. The van der Waals surface area contributed by atoms with E-state index in [2.05, 4.69) is 4.74 Å². The highest BCUT2D eigenvalue weighted by atomic mass is 16.5. The predicted molar refractivity (Wildman–Crippen MR) is 56.3 cm³/mol. The van der Waals surface area contributed by atoms with Gasteiger partial charge in [-0.15, -0.1) is 0 Å². The smallest absolute Gasteiger partial charge is 0.308 e. The first-order chi connectivity index (χ1) is 7.58. The molecule has 1 atom stereocenters. The summed E-state index contributed by atoms with van der Waals surface area (Å²) in [6.07, 6.45) is -1.32. The third kappa shape index (κ3) is 2.87. The number of ether oxygens (including phenoxy) is 2. The summed E-state index contributed by atoms with van der Waals surface area (Å²) < 4.78 is 9.38. The third-order valence-corrected chi connectivity index (χ3v) is 2.18. The van der Waals surface area contributed by atoms with Gasteiger partial charge in [-0.25, -0.2) is 0 Å². The maximum atomic E-state index is 11.0. The van der Waals surface area contributed by atoms with Gasteiger partial charge in [0.15, 0.2) is 0 Å². The van der Waals surface area contributed by atoms with E-state index in [-0.39, 0.29) is 17.7 Å². The fraction of sp³-hybridized carbons (Fsp3) is 0.364. The van der Waals surface area contributed by atoms with E-state index in [0.29, 0.717) is 5.75 Å². The summed E-state index contributed by atoms with van der Waals surface area (Å²) in [7, 11) is 2.71. The second-order valence-corrected chi connectivity index (χ2v) is 3.22. The molecule has 16 heavy (non-hydrogen) atoms. The molecule has 0 amide bonds. The number of phenolic OH excluding ortho intramolecular Hbond substituents is 1. The molecule has 0 aromatic heterocycles. The van der Waals surface area contributed by atoms with Crippen LogP contribution in [0.15, 0.2) is 18.2 Å². The van der Waals surface area contributed by atoms with E-state index in [4.69, 9.17) is 4.74 Å². The van der Waals surface area contributed by atoms with Gasteiger partial charge in [0.25, 0.3) is 0 Å². The molecule has 0 bridgehead atoms. The topological polar surface area (TPSA) is 76.0 Å². The van der Waals surface area contributed by atoms with Crippen LogP contribution >= 0.6 is 0 Å². The van der Waals surface area contributed by atoms with Crippen molar-refractivity contribution in [1.29, 1.82) is 0 Å². The minimum absolute atomic E-state index is 0.0859. The number of carbonyl (C=O) groups is 1. The van der Waals surface area contributed by atoms with Crippen LogP contribution in [-0.2, 0) is 9.53 Å².